The van der Waals surface area contributed by atoms with Crippen LogP contribution in [-0.2, 0) is 0 Å². The van der Waals surface area contributed by atoms with Crippen molar-refractivity contribution in [2.45, 2.75) is 0 Å². The Balaban J connectivity index is 2.14. The number of anilines is 1. The molecule has 1 aromatic heterocycles. The third kappa shape index (κ3) is 1.85. The van der Waals surface area contributed by atoms with E-state index in [0.29, 0.717) is 0 Å². The quantitative estimate of drug-likeness (QED) is 0.667. The second-order valence-corrected chi connectivity index (χ2v) is 4.30. The fraction of sp³-hybridized carbons (Fsp3) is 0. The minimum atomic E-state index is 0.717. The summed E-state index contributed by atoms with van der Waals surface area (Å²) in [5.41, 5.74) is 8.38. The molecular weight excluding hydrogens is 234 g/mol. The molecule has 1 heterocycles. The predicted molar refractivity (Wildman–Crippen MR) is 70.5 cm³/mol. The summed E-state index contributed by atoms with van der Waals surface area (Å²) in [5.74, 6) is 0. The molecule has 0 atom stereocenters. The van der Waals surface area contributed by atoms with Crippen LogP contribution in [0.4, 0.5) is 5.69 Å². The third-order valence-corrected chi connectivity index (χ3v) is 2.87. The zero-order chi connectivity index (χ0) is 11.8. The van der Waals surface area contributed by atoms with E-state index in [1.165, 1.54) is 0 Å². The highest BCUT2D eigenvalue weighted by atomic mass is 35.5. The van der Waals surface area contributed by atoms with Gasteiger partial charge in [-0.15, -0.1) is 0 Å². The van der Waals surface area contributed by atoms with Gasteiger partial charge in [0.05, 0.1) is 11.2 Å². The highest BCUT2D eigenvalue weighted by Crippen LogP contribution is 2.19. The molecule has 17 heavy (non-hydrogen) atoms. The Hall–Kier alpha value is -2.00. The summed E-state index contributed by atoms with van der Waals surface area (Å²) >= 11 is 5.85. The second kappa shape index (κ2) is 3.79. The summed E-state index contributed by atoms with van der Waals surface area (Å²) in [6, 6.07) is 13.2. The summed E-state index contributed by atoms with van der Waals surface area (Å²) in [5, 5.41) is 6.22. The molecule has 0 spiro atoms. The van der Waals surface area contributed by atoms with E-state index in [0.717, 1.165) is 27.3 Å². The third-order valence-electron chi connectivity index (χ3n) is 2.62. The van der Waals surface area contributed by atoms with Gasteiger partial charge in [-0.2, -0.15) is 5.10 Å². The molecule has 0 amide bonds. The molecule has 0 saturated heterocycles. The van der Waals surface area contributed by atoms with E-state index in [2.05, 4.69) is 5.10 Å². The van der Waals surface area contributed by atoms with Gasteiger partial charge >= 0.3 is 0 Å². The maximum absolute atomic E-state index is 5.85. The Labute approximate surface area is 103 Å². The van der Waals surface area contributed by atoms with Crippen LogP contribution in [0.3, 0.4) is 0 Å². The molecular formula is C13H10ClN3. The van der Waals surface area contributed by atoms with Crippen LogP contribution >= 0.6 is 11.6 Å². The first-order valence-corrected chi connectivity index (χ1v) is 5.61. The maximum atomic E-state index is 5.85. The largest absolute Gasteiger partial charge is 0.399 e. The molecule has 84 valence electrons. The monoisotopic (exact) mass is 243 g/mol. The molecule has 3 nitrogen and oxygen atoms in total. The Morgan fingerprint density at radius 3 is 2.59 bits per heavy atom. The Morgan fingerprint density at radius 2 is 1.82 bits per heavy atom. The number of nitrogens with two attached hydrogens (primary N) is 1. The van der Waals surface area contributed by atoms with Gasteiger partial charge in [0.15, 0.2) is 0 Å². The van der Waals surface area contributed by atoms with Crippen molar-refractivity contribution in [3.8, 4) is 5.69 Å². The fourth-order valence-corrected chi connectivity index (χ4v) is 1.90. The number of nitrogens with zero attached hydrogens (tertiary/aromatic N) is 2. The van der Waals surface area contributed by atoms with Crippen molar-refractivity contribution in [3.05, 3.63) is 53.7 Å². The van der Waals surface area contributed by atoms with Gasteiger partial charge in [0.25, 0.3) is 0 Å². The van der Waals surface area contributed by atoms with Crippen LogP contribution in [-0.4, -0.2) is 9.78 Å². The molecule has 0 fully saturated rings. The molecule has 3 rings (SSSR count). The van der Waals surface area contributed by atoms with E-state index >= 15 is 0 Å². The lowest BCUT2D eigenvalue weighted by molar-refractivity contribution is 0.896. The number of benzene rings is 2. The van der Waals surface area contributed by atoms with E-state index in [-0.39, 0.29) is 0 Å². The predicted octanol–water partition coefficient (Wildman–Crippen LogP) is 3.26. The van der Waals surface area contributed by atoms with Crippen LogP contribution in [0, 0.1) is 0 Å². The first kappa shape index (κ1) is 10.2. The number of fused-ring (bicyclic) bond motifs is 1. The van der Waals surface area contributed by atoms with Gasteiger partial charge in [-0.1, -0.05) is 11.6 Å². The zero-order valence-electron chi connectivity index (χ0n) is 8.97. The molecule has 0 unspecified atom stereocenters. The van der Waals surface area contributed by atoms with Gasteiger partial charge in [0.2, 0.25) is 0 Å². The number of rotatable bonds is 1. The van der Waals surface area contributed by atoms with Gasteiger partial charge in [-0.25, -0.2) is 4.68 Å². The van der Waals surface area contributed by atoms with Crippen molar-refractivity contribution in [3.63, 3.8) is 0 Å². The topological polar surface area (TPSA) is 43.8 Å². The van der Waals surface area contributed by atoms with Crippen LogP contribution in [0.1, 0.15) is 0 Å². The van der Waals surface area contributed by atoms with Crippen molar-refractivity contribution < 1.29 is 0 Å². The van der Waals surface area contributed by atoms with Gasteiger partial charge in [-0.05, 0) is 42.5 Å². The second-order valence-electron chi connectivity index (χ2n) is 3.87. The van der Waals surface area contributed by atoms with Crippen molar-refractivity contribution in [1.82, 2.24) is 9.78 Å². The molecule has 0 bridgehead atoms. The number of halogens is 1. The Bertz CT molecular complexity index is 671. The van der Waals surface area contributed by atoms with Crippen molar-refractivity contribution in [2.75, 3.05) is 5.73 Å². The van der Waals surface area contributed by atoms with E-state index in [1.54, 1.807) is 0 Å². The van der Waals surface area contributed by atoms with E-state index in [1.807, 2.05) is 53.3 Å². The van der Waals surface area contributed by atoms with E-state index < -0.39 is 0 Å². The fourth-order valence-electron chi connectivity index (χ4n) is 1.77. The summed E-state index contributed by atoms with van der Waals surface area (Å²) in [6.07, 6.45) is 1.95. The van der Waals surface area contributed by atoms with Gasteiger partial charge in [0, 0.05) is 22.3 Å². The van der Waals surface area contributed by atoms with Crippen LogP contribution < -0.4 is 5.73 Å². The van der Waals surface area contributed by atoms with Crippen molar-refractivity contribution >= 4 is 28.2 Å². The number of hydrogen-bond donors (Lipinski definition) is 1. The lowest BCUT2D eigenvalue weighted by atomic mass is 10.2. The molecule has 0 saturated carbocycles. The van der Waals surface area contributed by atoms with Gasteiger partial charge in [0.1, 0.15) is 0 Å². The van der Waals surface area contributed by atoms with Gasteiger partial charge in [-0.3, -0.25) is 0 Å². The minimum Gasteiger partial charge on any atom is -0.399 e. The minimum absolute atomic E-state index is 0.717. The number of hydrogen-bond acceptors (Lipinski definition) is 2. The average Bonchev–Trinajstić information content (AvgIpc) is 2.72. The molecule has 0 aliphatic heterocycles. The Morgan fingerprint density at radius 1 is 1.06 bits per heavy atom. The molecule has 3 aromatic rings. The molecule has 4 heteroatoms. The van der Waals surface area contributed by atoms with Crippen molar-refractivity contribution in [1.29, 1.82) is 0 Å². The summed E-state index contributed by atoms with van der Waals surface area (Å²) in [6.45, 7) is 0. The van der Waals surface area contributed by atoms with Crippen LogP contribution in [0.25, 0.3) is 16.6 Å². The highest BCUT2D eigenvalue weighted by Gasteiger charge is 2.02. The molecule has 0 aliphatic carbocycles. The summed E-state index contributed by atoms with van der Waals surface area (Å²) < 4.78 is 1.82. The van der Waals surface area contributed by atoms with Crippen LogP contribution in [0.5, 0.6) is 0 Å². The number of nitrogen functional groups attached to an aromatic ring is 1. The molecule has 0 aliphatic rings. The maximum Gasteiger partial charge on any atom is 0.0929 e. The molecule has 2 aromatic carbocycles. The molecule has 0 radical (unpaired) electrons. The smallest absolute Gasteiger partial charge is 0.0929 e. The summed E-state index contributed by atoms with van der Waals surface area (Å²) in [7, 11) is 0. The first-order chi connectivity index (χ1) is 8.22. The number of aromatic nitrogens is 2. The highest BCUT2D eigenvalue weighted by molar-refractivity contribution is 6.30. The first-order valence-electron chi connectivity index (χ1n) is 5.23. The SMILES string of the molecule is Nc1ccc2nn(-c3ccc(Cl)cc3)cc2c1. The van der Waals surface area contributed by atoms with Crippen molar-refractivity contribution in [2.24, 2.45) is 0 Å². The molecule has 2 N–H and O–H groups in total. The van der Waals surface area contributed by atoms with Gasteiger partial charge < -0.3 is 5.73 Å². The zero-order valence-corrected chi connectivity index (χ0v) is 9.72. The Kier molecular flexibility index (Phi) is 2.27. The van der Waals surface area contributed by atoms with Crippen LogP contribution in [0.2, 0.25) is 5.02 Å². The average molecular weight is 244 g/mol. The van der Waals surface area contributed by atoms with Crippen LogP contribution in [0.15, 0.2) is 48.7 Å². The normalized spacial score (nSPS) is 10.9. The summed E-state index contributed by atoms with van der Waals surface area (Å²) in [4.78, 5) is 0. The van der Waals surface area contributed by atoms with E-state index in [4.69, 9.17) is 17.3 Å². The lowest BCUT2D eigenvalue weighted by Crippen LogP contribution is -1.92. The lowest BCUT2D eigenvalue weighted by Gasteiger charge is -1.99. The standard InChI is InChI=1S/C13H10ClN3/c14-10-1-4-12(5-2-10)17-8-9-7-11(15)3-6-13(9)16-17/h1-8H,15H2. The van der Waals surface area contributed by atoms with E-state index in [9.17, 15) is 0 Å².